The molecule has 3 saturated heterocycles. The summed E-state index contributed by atoms with van der Waals surface area (Å²) in [4.78, 5) is 32.0. The van der Waals surface area contributed by atoms with E-state index >= 15 is 0 Å². The van der Waals surface area contributed by atoms with Gasteiger partial charge in [-0.15, -0.1) is 0 Å². The molecule has 0 bridgehead atoms. The number of halogens is 3. The zero-order valence-corrected chi connectivity index (χ0v) is 21.8. The van der Waals surface area contributed by atoms with E-state index < -0.39 is 18.0 Å². The van der Waals surface area contributed by atoms with E-state index in [0.29, 0.717) is 27.2 Å². The lowest BCUT2D eigenvalue weighted by Crippen LogP contribution is -2.66. The number of aromatic nitrogens is 4. The Kier molecular flexibility index (Phi) is 5.61. The molecule has 0 radical (unpaired) electrons. The average Bonchev–Trinajstić information content (AvgIpc) is 3.49. The Morgan fingerprint density at radius 2 is 1.90 bits per heavy atom. The topological polar surface area (TPSA) is 118 Å². The van der Waals surface area contributed by atoms with E-state index in [9.17, 15) is 22.8 Å². The zero-order valence-electron chi connectivity index (χ0n) is 21.8. The van der Waals surface area contributed by atoms with Crippen LogP contribution in [0, 0.1) is 12.3 Å². The number of pyridine rings is 1. The van der Waals surface area contributed by atoms with Crippen LogP contribution in [0.1, 0.15) is 27.7 Å². The lowest BCUT2D eigenvalue weighted by atomic mass is 9.78. The van der Waals surface area contributed by atoms with Crippen molar-refractivity contribution in [3.8, 4) is 11.4 Å². The van der Waals surface area contributed by atoms with Gasteiger partial charge in [-0.1, -0.05) is 17.3 Å². The summed E-state index contributed by atoms with van der Waals surface area (Å²) in [6.07, 6.45) is -1.55. The summed E-state index contributed by atoms with van der Waals surface area (Å²) in [6, 6.07) is 9.21. The SMILES string of the molecule is Cc1ccc(-c2noc(C3CN(C(=O)C(F)(F)F)C3)n2)cc1NC(=O)c1cnn2ccc(N3CC4(COC4)C3)cc12. The van der Waals surface area contributed by atoms with Crippen molar-refractivity contribution >= 4 is 28.7 Å². The average molecular weight is 568 g/mol. The first-order valence-electron chi connectivity index (χ1n) is 13.0. The molecule has 3 aliphatic heterocycles. The van der Waals surface area contributed by atoms with Crippen LogP contribution in [-0.2, 0) is 9.53 Å². The number of hydrogen-bond acceptors (Lipinski definition) is 8. The fraction of sp³-hybridized carbons (Fsp3) is 0.370. The first-order chi connectivity index (χ1) is 19.6. The van der Waals surface area contributed by atoms with Gasteiger partial charge in [0, 0.05) is 49.3 Å². The Bertz CT molecular complexity index is 1680. The monoisotopic (exact) mass is 567 g/mol. The van der Waals surface area contributed by atoms with Crippen molar-refractivity contribution in [3.63, 3.8) is 0 Å². The van der Waals surface area contributed by atoms with Crippen LogP contribution in [0.25, 0.3) is 16.9 Å². The van der Waals surface area contributed by atoms with Gasteiger partial charge in [0.15, 0.2) is 0 Å². The number of carbonyl (C=O) groups is 2. The third kappa shape index (κ3) is 4.38. The Labute approximate surface area is 230 Å². The van der Waals surface area contributed by atoms with E-state index in [2.05, 4.69) is 25.5 Å². The second kappa shape index (κ2) is 9.03. The minimum Gasteiger partial charge on any atom is -0.380 e. The maximum atomic E-state index is 13.4. The Morgan fingerprint density at radius 3 is 2.61 bits per heavy atom. The molecule has 0 unspecified atom stereocenters. The van der Waals surface area contributed by atoms with Gasteiger partial charge < -0.3 is 24.4 Å². The molecule has 0 saturated carbocycles. The summed E-state index contributed by atoms with van der Waals surface area (Å²) < 4.78 is 50.2. The number of aryl methyl sites for hydroxylation is 1. The molecule has 11 nitrogen and oxygen atoms in total. The van der Waals surface area contributed by atoms with E-state index in [4.69, 9.17) is 9.26 Å². The van der Waals surface area contributed by atoms with Crippen molar-refractivity contribution in [2.75, 3.05) is 49.6 Å². The molecular weight excluding hydrogens is 543 g/mol. The molecule has 6 heterocycles. The number of nitrogens with one attached hydrogen (secondary N) is 1. The van der Waals surface area contributed by atoms with E-state index in [0.717, 1.165) is 37.6 Å². The molecule has 1 N–H and O–H groups in total. The maximum absolute atomic E-state index is 13.4. The van der Waals surface area contributed by atoms with Crippen molar-refractivity contribution < 1.29 is 32.0 Å². The first kappa shape index (κ1) is 25.5. The number of amides is 2. The van der Waals surface area contributed by atoms with Crippen LogP contribution >= 0.6 is 0 Å². The zero-order chi connectivity index (χ0) is 28.5. The highest BCUT2D eigenvalue weighted by atomic mass is 19.4. The minimum absolute atomic E-state index is 0.149. The molecule has 0 aliphatic carbocycles. The Morgan fingerprint density at radius 1 is 1.12 bits per heavy atom. The molecule has 4 aromatic rings. The summed E-state index contributed by atoms with van der Waals surface area (Å²) in [5.74, 6) is -2.31. The minimum atomic E-state index is -4.91. The van der Waals surface area contributed by atoms with Crippen LogP contribution in [-0.4, -0.2) is 82.0 Å². The molecule has 7 rings (SSSR count). The third-order valence-corrected chi connectivity index (χ3v) is 7.93. The Hall–Kier alpha value is -4.46. The number of anilines is 2. The summed E-state index contributed by atoms with van der Waals surface area (Å²) >= 11 is 0. The molecule has 3 fully saturated rings. The third-order valence-electron chi connectivity index (χ3n) is 7.93. The molecule has 0 atom stereocenters. The van der Waals surface area contributed by atoms with Crippen LogP contribution in [0.5, 0.6) is 0 Å². The second-order valence-electron chi connectivity index (χ2n) is 11.0. The van der Waals surface area contributed by atoms with Crippen molar-refractivity contribution in [1.29, 1.82) is 0 Å². The van der Waals surface area contributed by atoms with Crippen molar-refractivity contribution in [2.45, 2.75) is 19.0 Å². The van der Waals surface area contributed by atoms with Crippen LogP contribution in [0.4, 0.5) is 24.5 Å². The lowest BCUT2D eigenvalue weighted by molar-refractivity contribution is -0.190. The van der Waals surface area contributed by atoms with Gasteiger partial charge >= 0.3 is 12.1 Å². The molecule has 212 valence electrons. The van der Waals surface area contributed by atoms with Crippen LogP contribution < -0.4 is 10.2 Å². The van der Waals surface area contributed by atoms with E-state index in [1.807, 2.05) is 25.3 Å². The summed E-state index contributed by atoms with van der Waals surface area (Å²) in [5.41, 5.74) is 4.28. The highest BCUT2D eigenvalue weighted by molar-refractivity contribution is 6.09. The van der Waals surface area contributed by atoms with Gasteiger partial charge in [-0.2, -0.15) is 23.3 Å². The van der Waals surface area contributed by atoms with Gasteiger partial charge in [-0.05, 0) is 30.7 Å². The number of fused-ring (bicyclic) bond motifs is 1. The highest BCUT2D eigenvalue weighted by Gasteiger charge is 2.49. The van der Waals surface area contributed by atoms with E-state index in [1.54, 1.807) is 22.7 Å². The molecular formula is C27H24F3N7O4. The quantitative estimate of drug-likeness (QED) is 0.391. The summed E-state index contributed by atoms with van der Waals surface area (Å²) in [6.45, 7) is 4.98. The summed E-state index contributed by atoms with van der Waals surface area (Å²) in [7, 11) is 0. The Balaban J connectivity index is 1.06. The largest absolute Gasteiger partial charge is 0.471 e. The fourth-order valence-electron chi connectivity index (χ4n) is 5.44. The number of likely N-dealkylation sites (tertiary alicyclic amines) is 1. The maximum Gasteiger partial charge on any atom is 0.471 e. The molecule has 1 spiro atoms. The molecule has 41 heavy (non-hydrogen) atoms. The standard InChI is InChI=1S/C27H24F3N7O4/c1-15-2-3-16(22-33-24(41-34-22)17-9-35(10-17)25(39)27(28,29)30)6-20(15)32-23(38)19-8-31-37-5-4-18(7-21(19)37)36-11-26(12-36)13-40-14-26/h2-8,17H,9-14H2,1H3,(H,32,38). The molecule has 14 heteroatoms. The molecule has 1 aromatic carbocycles. The fourth-order valence-corrected chi connectivity index (χ4v) is 5.44. The number of nitrogens with zero attached hydrogens (tertiary/aromatic N) is 6. The van der Waals surface area contributed by atoms with Gasteiger partial charge in [-0.25, -0.2) is 4.52 Å². The predicted molar refractivity (Wildman–Crippen MR) is 138 cm³/mol. The summed E-state index contributed by atoms with van der Waals surface area (Å²) in [5, 5.41) is 11.2. The van der Waals surface area contributed by atoms with Gasteiger partial charge in [0.05, 0.1) is 41.8 Å². The highest BCUT2D eigenvalue weighted by Crippen LogP contribution is 2.40. The van der Waals surface area contributed by atoms with Gasteiger partial charge in [0.25, 0.3) is 5.91 Å². The van der Waals surface area contributed by atoms with Crippen molar-refractivity contribution in [1.82, 2.24) is 24.7 Å². The van der Waals surface area contributed by atoms with E-state index in [1.165, 1.54) is 6.20 Å². The number of benzene rings is 1. The molecule has 3 aromatic heterocycles. The number of rotatable bonds is 5. The number of ether oxygens (including phenoxy) is 1. The van der Waals surface area contributed by atoms with Gasteiger partial charge in [0.1, 0.15) is 0 Å². The molecule has 3 aliphatic rings. The first-order valence-corrected chi connectivity index (χ1v) is 13.0. The number of hydrogen-bond donors (Lipinski definition) is 1. The normalized spacial score (nSPS) is 18.2. The van der Waals surface area contributed by atoms with Crippen molar-refractivity contribution in [3.05, 3.63) is 59.7 Å². The van der Waals surface area contributed by atoms with E-state index in [-0.39, 0.29) is 36.1 Å². The van der Waals surface area contributed by atoms with Crippen molar-refractivity contribution in [2.24, 2.45) is 5.41 Å². The predicted octanol–water partition coefficient (Wildman–Crippen LogP) is 3.27. The van der Waals surface area contributed by atoms with Gasteiger partial charge in [0.2, 0.25) is 11.7 Å². The van der Waals surface area contributed by atoms with Crippen LogP contribution in [0.15, 0.2) is 47.2 Å². The lowest BCUT2D eigenvalue weighted by Gasteiger charge is -2.56. The van der Waals surface area contributed by atoms with Crippen LogP contribution in [0.3, 0.4) is 0 Å². The number of carbonyl (C=O) groups excluding carboxylic acids is 2. The van der Waals surface area contributed by atoms with Crippen LogP contribution in [0.2, 0.25) is 0 Å². The van der Waals surface area contributed by atoms with Gasteiger partial charge in [-0.3, -0.25) is 9.59 Å². The smallest absolute Gasteiger partial charge is 0.380 e. The molecule has 2 amide bonds. The second-order valence-corrected chi connectivity index (χ2v) is 11.0. The number of alkyl halides is 3.